The molecule has 2 aliphatic rings. The van der Waals surface area contributed by atoms with Crippen LogP contribution in [-0.2, 0) is 0 Å². The van der Waals surface area contributed by atoms with Gasteiger partial charge in [-0.1, -0.05) is 6.92 Å². The van der Waals surface area contributed by atoms with Gasteiger partial charge in [-0.05, 0) is 64.6 Å². The summed E-state index contributed by atoms with van der Waals surface area (Å²) in [4.78, 5) is 2.69. The maximum Gasteiger partial charge on any atom is 0.00797 e. The quantitative estimate of drug-likeness (QED) is 0.768. The van der Waals surface area contributed by atoms with E-state index >= 15 is 0 Å². The first-order valence-electron chi connectivity index (χ1n) is 6.73. The smallest absolute Gasteiger partial charge is 0.00797 e. The van der Waals surface area contributed by atoms with E-state index in [9.17, 15) is 0 Å². The Kier molecular flexibility index (Phi) is 4.04. The van der Waals surface area contributed by atoms with Crippen LogP contribution in [0.1, 0.15) is 46.0 Å². The second kappa shape index (κ2) is 5.31. The highest BCUT2D eigenvalue weighted by molar-refractivity contribution is 4.80. The number of piperidine rings is 1. The van der Waals surface area contributed by atoms with Gasteiger partial charge in [0.15, 0.2) is 0 Å². The molecule has 2 saturated heterocycles. The molecule has 0 bridgehead atoms. The zero-order chi connectivity index (χ0) is 10.7. The van der Waals surface area contributed by atoms with Gasteiger partial charge in [0.2, 0.25) is 0 Å². The predicted molar refractivity (Wildman–Crippen MR) is 65.1 cm³/mol. The van der Waals surface area contributed by atoms with E-state index in [1.54, 1.807) is 0 Å². The van der Waals surface area contributed by atoms with Gasteiger partial charge in [0, 0.05) is 12.1 Å². The highest BCUT2D eigenvalue weighted by Gasteiger charge is 2.23. The van der Waals surface area contributed by atoms with Gasteiger partial charge >= 0.3 is 0 Å². The first-order chi connectivity index (χ1) is 7.25. The molecule has 2 nitrogen and oxygen atoms in total. The van der Waals surface area contributed by atoms with Crippen LogP contribution in [0.4, 0.5) is 0 Å². The zero-order valence-electron chi connectivity index (χ0n) is 10.3. The van der Waals surface area contributed by atoms with E-state index in [1.165, 1.54) is 51.7 Å². The van der Waals surface area contributed by atoms with Crippen molar-refractivity contribution in [1.82, 2.24) is 10.2 Å². The van der Waals surface area contributed by atoms with E-state index in [0.29, 0.717) is 0 Å². The lowest BCUT2D eigenvalue weighted by molar-refractivity contribution is 0.125. The van der Waals surface area contributed by atoms with Crippen LogP contribution in [0.3, 0.4) is 0 Å². The van der Waals surface area contributed by atoms with Crippen molar-refractivity contribution < 1.29 is 0 Å². The van der Waals surface area contributed by atoms with Crippen molar-refractivity contribution in [3.8, 4) is 0 Å². The summed E-state index contributed by atoms with van der Waals surface area (Å²) in [6.07, 6.45) is 6.95. The van der Waals surface area contributed by atoms with Gasteiger partial charge < -0.3 is 10.2 Å². The number of nitrogens with one attached hydrogen (secondary N) is 1. The molecular formula is C13H26N2. The molecule has 0 aliphatic carbocycles. The molecule has 0 amide bonds. The lowest BCUT2D eigenvalue weighted by Crippen LogP contribution is -2.42. The summed E-state index contributed by atoms with van der Waals surface area (Å²) in [5.41, 5.74) is 0. The summed E-state index contributed by atoms with van der Waals surface area (Å²) in [5.74, 6) is 0.945. The van der Waals surface area contributed by atoms with Crippen LogP contribution in [0, 0.1) is 5.92 Å². The molecule has 2 aliphatic heterocycles. The minimum atomic E-state index is 0.815. The van der Waals surface area contributed by atoms with E-state index < -0.39 is 0 Å². The van der Waals surface area contributed by atoms with Gasteiger partial charge in [0.1, 0.15) is 0 Å². The van der Waals surface area contributed by atoms with Crippen molar-refractivity contribution in [1.29, 1.82) is 0 Å². The molecule has 3 atom stereocenters. The SMILES string of the molecule is CC1CCN(CCC2CCCN2)C(C)C1. The molecule has 0 aromatic carbocycles. The highest BCUT2D eigenvalue weighted by Crippen LogP contribution is 2.22. The molecule has 0 aromatic heterocycles. The monoisotopic (exact) mass is 210 g/mol. The first-order valence-corrected chi connectivity index (χ1v) is 6.73. The molecule has 1 N–H and O–H groups in total. The third-order valence-electron chi connectivity index (χ3n) is 4.20. The Bertz CT molecular complexity index is 187. The maximum absolute atomic E-state index is 3.59. The lowest BCUT2D eigenvalue weighted by Gasteiger charge is -2.37. The largest absolute Gasteiger partial charge is 0.314 e. The summed E-state index contributed by atoms with van der Waals surface area (Å²) >= 11 is 0. The molecule has 2 fully saturated rings. The number of hydrogen-bond donors (Lipinski definition) is 1. The minimum Gasteiger partial charge on any atom is -0.314 e. The predicted octanol–water partition coefficient (Wildman–Crippen LogP) is 2.25. The summed E-state index contributed by atoms with van der Waals surface area (Å²) in [6.45, 7) is 8.68. The fourth-order valence-corrected chi connectivity index (χ4v) is 3.11. The third kappa shape index (κ3) is 3.18. The van der Waals surface area contributed by atoms with Crippen LogP contribution >= 0.6 is 0 Å². The van der Waals surface area contributed by atoms with Crippen molar-refractivity contribution in [2.24, 2.45) is 5.92 Å². The Balaban J connectivity index is 1.69. The zero-order valence-corrected chi connectivity index (χ0v) is 10.3. The Morgan fingerprint density at radius 3 is 2.80 bits per heavy atom. The molecular weight excluding hydrogens is 184 g/mol. The fourth-order valence-electron chi connectivity index (χ4n) is 3.11. The molecule has 0 radical (unpaired) electrons. The van der Waals surface area contributed by atoms with E-state index in [1.807, 2.05) is 0 Å². The van der Waals surface area contributed by atoms with E-state index in [-0.39, 0.29) is 0 Å². The van der Waals surface area contributed by atoms with Crippen LogP contribution in [0.2, 0.25) is 0 Å². The van der Waals surface area contributed by atoms with Crippen molar-refractivity contribution in [3.63, 3.8) is 0 Å². The standard InChI is InChI=1S/C13H26N2/c1-11-5-8-15(12(2)10-11)9-6-13-4-3-7-14-13/h11-14H,3-10H2,1-2H3. The number of nitrogens with zero attached hydrogens (tertiary/aromatic N) is 1. The van der Waals surface area contributed by atoms with Crippen molar-refractivity contribution in [2.75, 3.05) is 19.6 Å². The van der Waals surface area contributed by atoms with Crippen molar-refractivity contribution in [3.05, 3.63) is 0 Å². The fraction of sp³-hybridized carbons (Fsp3) is 1.00. The first kappa shape index (κ1) is 11.4. The molecule has 0 spiro atoms. The summed E-state index contributed by atoms with van der Waals surface area (Å²) in [7, 11) is 0. The topological polar surface area (TPSA) is 15.3 Å². The number of hydrogen-bond acceptors (Lipinski definition) is 2. The minimum absolute atomic E-state index is 0.815. The molecule has 0 aromatic rings. The second-order valence-electron chi connectivity index (χ2n) is 5.60. The summed E-state index contributed by atoms with van der Waals surface area (Å²) in [6, 6.07) is 1.63. The van der Waals surface area contributed by atoms with Gasteiger partial charge in [-0.25, -0.2) is 0 Å². The molecule has 2 heterocycles. The molecule has 88 valence electrons. The highest BCUT2D eigenvalue weighted by atomic mass is 15.2. The lowest BCUT2D eigenvalue weighted by atomic mass is 9.93. The average molecular weight is 210 g/mol. The average Bonchev–Trinajstić information content (AvgIpc) is 2.69. The van der Waals surface area contributed by atoms with E-state index in [0.717, 1.165) is 18.0 Å². The Morgan fingerprint density at radius 2 is 2.13 bits per heavy atom. The van der Waals surface area contributed by atoms with Crippen LogP contribution in [0.15, 0.2) is 0 Å². The van der Waals surface area contributed by atoms with Gasteiger partial charge in [0.25, 0.3) is 0 Å². The van der Waals surface area contributed by atoms with E-state index in [2.05, 4.69) is 24.1 Å². The van der Waals surface area contributed by atoms with Crippen molar-refractivity contribution in [2.45, 2.75) is 58.0 Å². The number of likely N-dealkylation sites (tertiary alicyclic amines) is 1. The van der Waals surface area contributed by atoms with Crippen LogP contribution < -0.4 is 5.32 Å². The Hall–Kier alpha value is -0.0800. The molecule has 3 unspecified atom stereocenters. The molecule has 15 heavy (non-hydrogen) atoms. The Morgan fingerprint density at radius 1 is 1.27 bits per heavy atom. The summed E-state index contributed by atoms with van der Waals surface area (Å²) in [5, 5.41) is 3.59. The van der Waals surface area contributed by atoms with Gasteiger partial charge in [-0.2, -0.15) is 0 Å². The van der Waals surface area contributed by atoms with Crippen LogP contribution in [-0.4, -0.2) is 36.6 Å². The molecule has 0 saturated carbocycles. The van der Waals surface area contributed by atoms with Crippen LogP contribution in [0.5, 0.6) is 0 Å². The van der Waals surface area contributed by atoms with Gasteiger partial charge in [-0.3, -0.25) is 0 Å². The normalized spacial score (nSPS) is 38.4. The summed E-state index contributed by atoms with van der Waals surface area (Å²) < 4.78 is 0. The van der Waals surface area contributed by atoms with Crippen LogP contribution in [0.25, 0.3) is 0 Å². The second-order valence-corrected chi connectivity index (χ2v) is 5.60. The van der Waals surface area contributed by atoms with Crippen molar-refractivity contribution >= 4 is 0 Å². The molecule has 2 rings (SSSR count). The van der Waals surface area contributed by atoms with Gasteiger partial charge in [0.05, 0.1) is 0 Å². The third-order valence-corrected chi connectivity index (χ3v) is 4.20. The Labute approximate surface area is 94.4 Å². The maximum atomic E-state index is 3.59. The van der Waals surface area contributed by atoms with Gasteiger partial charge in [-0.15, -0.1) is 0 Å². The number of rotatable bonds is 3. The van der Waals surface area contributed by atoms with E-state index in [4.69, 9.17) is 0 Å². The molecule has 2 heteroatoms.